The van der Waals surface area contributed by atoms with Crippen LogP contribution in [-0.4, -0.2) is 37.5 Å². The van der Waals surface area contributed by atoms with Gasteiger partial charge in [0.2, 0.25) is 0 Å². The van der Waals surface area contributed by atoms with Crippen LogP contribution in [-0.2, 0) is 6.54 Å². The second-order valence-electron chi connectivity index (χ2n) is 6.03. The molecule has 0 radical (unpaired) electrons. The lowest BCUT2D eigenvalue weighted by molar-refractivity contribution is 0.296. The van der Waals surface area contributed by atoms with Crippen LogP contribution < -0.4 is 18.9 Å². The molecule has 0 spiro atoms. The number of nitrogens with zero attached hydrogens (tertiary/aromatic N) is 2. The van der Waals surface area contributed by atoms with Gasteiger partial charge in [0.1, 0.15) is 29.6 Å². The van der Waals surface area contributed by atoms with Crippen LogP contribution >= 0.6 is 0 Å². The van der Waals surface area contributed by atoms with E-state index in [1.807, 2.05) is 59.3 Å². The Hall–Kier alpha value is -3.41. The summed E-state index contributed by atoms with van der Waals surface area (Å²) in [4.78, 5) is 4.03. The lowest BCUT2D eigenvalue weighted by Gasteiger charge is -2.10. The fourth-order valence-corrected chi connectivity index (χ4v) is 2.72. The molecular weight excluding hydrogens is 356 g/mol. The van der Waals surface area contributed by atoms with Gasteiger partial charge in [0.05, 0.1) is 34.2 Å². The Balaban J connectivity index is 1.74. The van der Waals surface area contributed by atoms with Crippen LogP contribution in [0.2, 0.25) is 0 Å². The third kappa shape index (κ3) is 5.07. The average Bonchev–Trinajstić information content (AvgIpc) is 3.25. The number of aromatic nitrogens is 2. The predicted molar refractivity (Wildman–Crippen MR) is 109 cm³/mol. The highest BCUT2D eigenvalue weighted by atomic mass is 16.5. The molecule has 146 valence electrons. The van der Waals surface area contributed by atoms with Crippen LogP contribution in [0, 0.1) is 0 Å². The quantitative estimate of drug-likeness (QED) is 0.522. The normalized spacial score (nSPS) is 10.8. The maximum Gasteiger partial charge on any atom is 0.129 e. The van der Waals surface area contributed by atoms with Gasteiger partial charge in [-0.2, -0.15) is 0 Å². The Labute approximate surface area is 165 Å². The summed E-state index contributed by atoms with van der Waals surface area (Å²) in [5.41, 5.74) is 1.92. The fourth-order valence-electron chi connectivity index (χ4n) is 2.72. The molecule has 0 N–H and O–H groups in total. The number of rotatable bonds is 9. The summed E-state index contributed by atoms with van der Waals surface area (Å²) in [5, 5.41) is 0. The molecule has 0 saturated carbocycles. The molecule has 6 nitrogen and oxygen atoms in total. The van der Waals surface area contributed by atoms with Crippen molar-refractivity contribution in [3.8, 4) is 23.0 Å². The molecule has 0 bridgehead atoms. The molecular formula is C22H24N2O4. The van der Waals surface area contributed by atoms with Crippen molar-refractivity contribution in [1.82, 2.24) is 9.55 Å². The summed E-state index contributed by atoms with van der Waals surface area (Å²) in [6.45, 7) is 1.27. The first-order chi connectivity index (χ1) is 13.7. The molecule has 0 fully saturated rings. The van der Waals surface area contributed by atoms with Crippen LogP contribution in [0.15, 0.2) is 55.1 Å². The van der Waals surface area contributed by atoms with Gasteiger partial charge in [0.15, 0.2) is 0 Å². The van der Waals surface area contributed by atoms with Gasteiger partial charge in [-0.05, 0) is 29.8 Å². The summed E-state index contributed by atoms with van der Waals surface area (Å²) in [6, 6.07) is 11.5. The summed E-state index contributed by atoms with van der Waals surface area (Å²) in [5.74, 6) is 2.99. The number of methoxy groups -OCH3 is 3. The fraction of sp³-hybridized carbons (Fsp3) is 0.227. The van der Waals surface area contributed by atoms with Crippen LogP contribution in [0.4, 0.5) is 0 Å². The summed E-state index contributed by atoms with van der Waals surface area (Å²) in [6.07, 6.45) is 9.41. The van der Waals surface area contributed by atoms with Gasteiger partial charge in [-0.15, -0.1) is 0 Å². The lowest BCUT2D eigenvalue weighted by Crippen LogP contribution is -2.06. The highest BCUT2D eigenvalue weighted by molar-refractivity contribution is 5.74. The molecule has 0 unspecified atom stereocenters. The molecule has 0 saturated heterocycles. The summed E-state index contributed by atoms with van der Waals surface area (Å²) < 4.78 is 23.9. The maximum absolute atomic E-state index is 5.89. The molecule has 6 heteroatoms. The molecule has 1 aromatic heterocycles. The van der Waals surface area contributed by atoms with Crippen molar-refractivity contribution in [3.63, 3.8) is 0 Å². The van der Waals surface area contributed by atoms with E-state index in [9.17, 15) is 0 Å². The second-order valence-corrected chi connectivity index (χ2v) is 6.03. The third-order valence-electron chi connectivity index (χ3n) is 4.21. The van der Waals surface area contributed by atoms with Gasteiger partial charge in [-0.1, -0.05) is 12.2 Å². The number of imidazole rings is 1. The van der Waals surface area contributed by atoms with E-state index in [4.69, 9.17) is 18.9 Å². The van der Waals surface area contributed by atoms with Crippen molar-refractivity contribution in [3.05, 3.63) is 66.2 Å². The Kier molecular flexibility index (Phi) is 6.57. The first-order valence-electron chi connectivity index (χ1n) is 8.89. The van der Waals surface area contributed by atoms with E-state index in [1.165, 1.54) is 0 Å². The SMILES string of the molecule is COc1cc(C=Cc2ccc(OC)cc2OC)cc(OCCn2ccnc2)c1. The van der Waals surface area contributed by atoms with Crippen molar-refractivity contribution >= 4 is 12.2 Å². The third-order valence-corrected chi connectivity index (χ3v) is 4.21. The standard InChI is InChI=1S/C22H24N2O4/c1-25-19-7-6-18(22(15-19)27-3)5-4-17-12-20(26-2)14-21(13-17)28-11-10-24-9-8-23-16-24/h4-9,12-16H,10-11H2,1-3H3. The minimum absolute atomic E-state index is 0.541. The minimum Gasteiger partial charge on any atom is -0.497 e. The van der Waals surface area contributed by atoms with Gasteiger partial charge in [0, 0.05) is 30.1 Å². The first-order valence-corrected chi connectivity index (χ1v) is 8.89. The van der Waals surface area contributed by atoms with E-state index < -0.39 is 0 Å². The molecule has 3 aromatic rings. The van der Waals surface area contributed by atoms with Crippen molar-refractivity contribution < 1.29 is 18.9 Å². The van der Waals surface area contributed by atoms with E-state index in [-0.39, 0.29) is 0 Å². The van der Waals surface area contributed by atoms with Crippen molar-refractivity contribution in [1.29, 1.82) is 0 Å². The van der Waals surface area contributed by atoms with Crippen LogP contribution in [0.25, 0.3) is 12.2 Å². The first kappa shape index (κ1) is 19.4. The Morgan fingerprint density at radius 1 is 0.893 bits per heavy atom. The van der Waals surface area contributed by atoms with Crippen molar-refractivity contribution in [2.75, 3.05) is 27.9 Å². The molecule has 1 heterocycles. The number of ether oxygens (including phenoxy) is 4. The van der Waals surface area contributed by atoms with Gasteiger partial charge in [0.25, 0.3) is 0 Å². The second kappa shape index (κ2) is 9.50. The van der Waals surface area contributed by atoms with E-state index in [1.54, 1.807) is 33.9 Å². The Bertz CT molecular complexity index is 920. The highest BCUT2D eigenvalue weighted by Crippen LogP contribution is 2.28. The van der Waals surface area contributed by atoms with Gasteiger partial charge < -0.3 is 23.5 Å². The monoisotopic (exact) mass is 380 g/mol. The predicted octanol–water partition coefficient (Wildman–Crippen LogP) is 4.16. The van der Waals surface area contributed by atoms with E-state index in [0.717, 1.165) is 40.7 Å². The summed E-state index contributed by atoms with van der Waals surface area (Å²) >= 11 is 0. The van der Waals surface area contributed by atoms with E-state index in [2.05, 4.69) is 4.98 Å². The maximum atomic E-state index is 5.89. The highest BCUT2D eigenvalue weighted by Gasteiger charge is 2.04. The molecule has 3 rings (SSSR count). The van der Waals surface area contributed by atoms with E-state index >= 15 is 0 Å². The average molecular weight is 380 g/mol. The zero-order valence-electron chi connectivity index (χ0n) is 16.3. The summed E-state index contributed by atoms with van der Waals surface area (Å²) in [7, 11) is 4.92. The zero-order chi connectivity index (χ0) is 19.8. The van der Waals surface area contributed by atoms with Gasteiger partial charge in [-0.3, -0.25) is 0 Å². The molecule has 0 aliphatic carbocycles. The van der Waals surface area contributed by atoms with Crippen LogP contribution in [0.1, 0.15) is 11.1 Å². The van der Waals surface area contributed by atoms with E-state index in [0.29, 0.717) is 6.61 Å². The smallest absolute Gasteiger partial charge is 0.129 e. The molecule has 0 amide bonds. The van der Waals surface area contributed by atoms with Crippen LogP contribution in [0.3, 0.4) is 0 Å². The lowest BCUT2D eigenvalue weighted by atomic mass is 10.1. The van der Waals surface area contributed by atoms with Crippen LogP contribution in [0.5, 0.6) is 23.0 Å². The number of hydrogen-bond donors (Lipinski definition) is 0. The number of hydrogen-bond acceptors (Lipinski definition) is 5. The Morgan fingerprint density at radius 3 is 2.43 bits per heavy atom. The molecule has 28 heavy (non-hydrogen) atoms. The molecule has 2 aromatic carbocycles. The Morgan fingerprint density at radius 2 is 1.71 bits per heavy atom. The molecule has 0 atom stereocenters. The number of benzene rings is 2. The zero-order valence-corrected chi connectivity index (χ0v) is 16.3. The molecule has 0 aliphatic rings. The van der Waals surface area contributed by atoms with Gasteiger partial charge in [-0.25, -0.2) is 4.98 Å². The topological polar surface area (TPSA) is 54.7 Å². The van der Waals surface area contributed by atoms with Crippen molar-refractivity contribution in [2.24, 2.45) is 0 Å². The van der Waals surface area contributed by atoms with Crippen molar-refractivity contribution in [2.45, 2.75) is 6.54 Å². The molecule has 0 aliphatic heterocycles. The largest absolute Gasteiger partial charge is 0.497 e. The van der Waals surface area contributed by atoms with Gasteiger partial charge >= 0.3 is 0 Å². The minimum atomic E-state index is 0.541.